The van der Waals surface area contributed by atoms with Crippen LogP contribution in [-0.2, 0) is 4.79 Å². The first-order chi connectivity index (χ1) is 14.0. The Balaban J connectivity index is 1.61. The first-order valence-corrected chi connectivity index (χ1v) is 9.14. The fourth-order valence-electron chi connectivity index (χ4n) is 3.09. The van der Waals surface area contributed by atoms with E-state index in [0.717, 1.165) is 12.8 Å². The van der Waals surface area contributed by atoms with Crippen LogP contribution in [0.1, 0.15) is 28.8 Å². The van der Waals surface area contributed by atoms with Crippen molar-refractivity contribution in [2.75, 3.05) is 21.3 Å². The molecule has 1 aliphatic heterocycles. The van der Waals surface area contributed by atoms with Gasteiger partial charge in [-0.15, -0.1) is 0 Å². The van der Waals surface area contributed by atoms with Gasteiger partial charge in [0.25, 0.3) is 0 Å². The predicted octanol–water partition coefficient (Wildman–Crippen LogP) is 3.64. The standard InChI is InChI=1S/C22H20O7/c1-25-18-9-12(10-19(26-2)21(18)27-3)8-17-20(23)15-7-6-14(11-16(15)29-17)28-22(24)13-4-5-13/h6-11,13H,4-5H2,1-3H3/b17-8-. The maximum Gasteiger partial charge on any atom is 0.314 e. The zero-order valence-electron chi connectivity index (χ0n) is 16.3. The lowest BCUT2D eigenvalue weighted by atomic mass is 10.1. The largest absolute Gasteiger partial charge is 0.493 e. The Kier molecular flexibility index (Phi) is 4.88. The highest BCUT2D eigenvalue weighted by atomic mass is 16.5. The highest BCUT2D eigenvalue weighted by molar-refractivity contribution is 6.14. The Morgan fingerprint density at radius 1 is 1.03 bits per heavy atom. The van der Waals surface area contributed by atoms with Gasteiger partial charge in [-0.2, -0.15) is 0 Å². The molecule has 0 N–H and O–H groups in total. The number of methoxy groups -OCH3 is 3. The highest BCUT2D eigenvalue weighted by Crippen LogP contribution is 2.40. The van der Waals surface area contributed by atoms with Crippen LogP contribution in [0.25, 0.3) is 6.08 Å². The smallest absolute Gasteiger partial charge is 0.314 e. The first-order valence-electron chi connectivity index (χ1n) is 9.14. The monoisotopic (exact) mass is 396 g/mol. The number of hydrogen-bond donors (Lipinski definition) is 0. The molecule has 4 rings (SSSR count). The van der Waals surface area contributed by atoms with Crippen LogP contribution < -0.4 is 23.7 Å². The molecule has 0 amide bonds. The molecule has 150 valence electrons. The Hall–Kier alpha value is -3.48. The Labute approximate surface area is 167 Å². The fourth-order valence-corrected chi connectivity index (χ4v) is 3.09. The average molecular weight is 396 g/mol. The molecule has 7 heteroatoms. The predicted molar refractivity (Wildman–Crippen MR) is 104 cm³/mol. The minimum absolute atomic E-state index is 0.0127. The van der Waals surface area contributed by atoms with Gasteiger partial charge in [0, 0.05) is 6.07 Å². The maximum atomic E-state index is 12.7. The third-order valence-electron chi connectivity index (χ3n) is 4.76. The van der Waals surface area contributed by atoms with Crippen LogP contribution in [0.2, 0.25) is 0 Å². The molecule has 1 fully saturated rings. The summed E-state index contributed by atoms with van der Waals surface area (Å²) >= 11 is 0. The Morgan fingerprint density at radius 3 is 2.31 bits per heavy atom. The fraction of sp³-hybridized carbons (Fsp3) is 0.273. The SMILES string of the molecule is COc1cc(/C=C2\Oc3cc(OC(=O)C4CC4)ccc3C2=O)cc(OC)c1OC. The molecular weight excluding hydrogens is 376 g/mol. The van der Waals surface area contributed by atoms with Crippen LogP contribution in [0.4, 0.5) is 0 Å². The van der Waals surface area contributed by atoms with Crippen molar-refractivity contribution in [2.45, 2.75) is 12.8 Å². The van der Waals surface area contributed by atoms with Crippen molar-refractivity contribution >= 4 is 17.8 Å². The third-order valence-corrected chi connectivity index (χ3v) is 4.76. The molecule has 1 heterocycles. The maximum absolute atomic E-state index is 12.7. The van der Waals surface area contributed by atoms with Crippen molar-refractivity contribution in [3.63, 3.8) is 0 Å². The van der Waals surface area contributed by atoms with Crippen molar-refractivity contribution in [3.8, 4) is 28.7 Å². The number of carbonyl (C=O) groups is 2. The molecule has 2 aromatic rings. The van der Waals surface area contributed by atoms with Gasteiger partial charge >= 0.3 is 5.97 Å². The van der Waals surface area contributed by atoms with Crippen LogP contribution in [-0.4, -0.2) is 33.1 Å². The molecule has 1 aliphatic carbocycles. The molecule has 0 spiro atoms. The van der Waals surface area contributed by atoms with Gasteiger partial charge in [-0.3, -0.25) is 9.59 Å². The van der Waals surface area contributed by atoms with E-state index < -0.39 is 0 Å². The zero-order valence-corrected chi connectivity index (χ0v) is 16.3. The second kappa shape index (κ2) is 7.50. The number of benzene rings is 2. The molecular formula is C22H20O7. The summed E-state index contributed by atoms with van der Waals surface area (Å²) < 4.78 is 27.1. The van der Waals surface area contributed by atoms with Crippen LogP contribution in [0, 0.1) is 5.92 Å². The van der Waals surface area contributed by atoms with E-state index in [4.69, 9.17) is 23.7 Å². The quantitative estimate of drug-likeness (QED) is 0.419. The number of hydrogen-bond acceptors (Lipinski definition) is 7. The molecule has 29 heavy (non-hydrogen) atoms. The molecule has 0 unspecified atom stereocenters. The molecule has 0 radical (unpaired) electrons. The highest BCUT2D eigenvalue weighted by Gasteiger charge is 2.33. The van der Waals surface area contributed by atoms with E-state index in [2.05, 4.69) is 0 Å². The van der Waals surface area contributed by atoms with E-state index >= 15 is 0 Å². The summed E-state index contributed by atoms with van der Waals surface area (Å²) in [5, 5.41) is 0. The number of carbonyl (C=O) groups excluding carboxylic acids is 2. The Bertz CT molecular complexity index is 993. The lowest BCUT2D eigenvalue weighted by Crippen LogP contribution is -2.09. The van der Waals surface area contributed by atoms with Crippen molar-refractivity contribution in [1.29, 1.82) is 0 Å². The molecule has 0 atom stereocenters. The van der Waals surface area contributed by atoms with E-state index in [1.807, 2.05) is 0 Å². The van der Waals surface area contributed by atoms with Gasteiger partial charge in [0.15, 0.2) is 17.3 Å². The van der Waals surface area contributed by atoms with E-state index in [9.17, 15) is 9.59 Å². The van der Waals surface area contributed by atoms with Gasteiger partial charge in [0.2, 0.25) is 11.5 Å². The van der Waals surface area contributed by atoms with Gasteiger partial charge in [-0.05, 0) is 48.7 Å². The van der Waals surface area contributed by atoms with E-state index in [-0.39, 0.29) is 23.4 Å². The van der Waals surface area contributed by atoms with Gasteiger partial charge in [-0.25, -0.2) is 0 Å². The number of rotatable bonds is 6. The van der Waals surface area contributed by atoms with Crippen molar-refractivity contribution < 1.29 is 33.3 Å². The van der Waals surface area contributed by atoms with Crippen LogP contribution in [0.5, 0.6) is 28.7 Å². The van der Waals surface area contributed by atoms with Crippen molar-refractivity contribution in [1.82, 2.24) is 0 Å². The molecule has 2 aromatic carbocycles. The molecule has 7 nitrogen and oxygen atoms in total. The minimum Gasteiger partial charge on any atom is -0.493 e. The summed E-state index contributed by atoms with van der Waals surface area (Å²) in [5.41, 5.74) is 1.06. The molecule has 1 saturated carbocycles. The summed E-state index contributed by atoms with van der Waals surface area (Å²) in [6, 6.07) is 8.20. The number of ether oxygens (including phenoxy) is 5. The van der Waals surface area contributed by atoms with Gasteiger partial charge in [0.05, 0.1) is 32.8 Å². The van der Waals surface area contributed by atoms with Crippen LogP contribution >= 0.6 is 0 Å². The lowest BCUT2D eigenvalue weighted by Gasteiger charge is -2.13. The number of ketones is 1. The molecule has 0 aromatic heterocycles. The number of esters is 1. The van der Waals surface area contributed by atoms with Crippen molar-refractivity contribution in [3.05, 3.63) is 47.2 Å². The second-order valence-electron chi connectivity index (χ2n) is 6.75. The summed E-state index contributed by atoms with van der Waals surface area (Å²) in [4.78, 5) is 24.5. The number of allylic oxidation sites excluding steroid dienone is 1. The van der Waals surface area contributed by atoms with E-state index in [0.29, 0.717) is 39.9 Å². The third kappa shape index (κ3) is 3.63. The van der Waals surface area contributed by atoms with Gasteiger partial charge in [0.1, 0.15) is 11.5 Å². The Morgan fingerprint density at radius 2 is 1.72 bits per heavy atom. The lowest BCUT2D eigenvalue weighted by molar-refractivity contribution is -0.135. The molecule has 2 aliphatic rings. The summed E-state index contributed by atoms with van der Waals surface area (Å²) in [5.74, 6) is 1.75. The van der Waals surface area contributed by atoms with Crippen molar-refractivity contribution in [2.24, 2.45) is 5.92 Å². The van der Waals surface area contributed by atoms with E-state index in [1.54, 1.807) is 36.4 Å². The normalized spacial score (nSPS) is 16.2. The molecule has 0 saturated heterocycles. The number of Topliss-reactive ketones (excluding diaryl/α,β-unsaturated/α-hetero) is 1. The molecule has 0 bridgehead atoms. The second-order valence-corrected chi connectivity index (χ2v) is 6.75. The number of fused-ring (bicyclic) bond motifs is 1. The topological polar surface area (TPSA) is 80.3 Å². The first kappa shape index (κ1) is 18.9. The van der Waals surface area contributed by atoms with Gasteiger partial charge < -0.3 is 23.7 Å². The summed E-state index contributed by atoms with van der Waals surface area (Å²) in [7, 11) is 4.56. The summed E-state index contributed by atoms with van der Waals surface area (Å²) in [6.07, 6.45) is 3.32. The minimum atomic E-state index is -0.256. The van der Waals surface area contributed by atoms with Gasteiger partial charge in [-0.1, -0.05) is 0 Å². The summed E-state index contributed by atoms with van der Waals surface area (Å²) in [6.45, 7) is 0. The van der Waals surface area contributed by atoms with E-state index in [1.165, 1.54) is 21.3 Å². The van der Waals surface area contributed by atoms with Crippen LogP contribution in [0.15, 0.2) is 36.1 Å². The van der Waals surface area contributed by atoms with Crippen LogP contribution in [0.3, 0.4) is 0 Å². The average Bonchev–Trinajstić information content (AvgIpc) is 3.53. The zero-order chi connectivity index (χ0) is 20.5.